The Kier molecular flexibility index (Phi) is 10.2. The number of nitrogens with one attached hydrogen (secondary N) is 1. The molecule has 0 radical (unpaired) electrons. The van der Waals surface area contributed by atoms with E-state index >= 15 is 0 Å². The van der Waals surface area contributed by atoms with Crippen molar-refractivity contribution in [1.29, 1.82) is 0 Å². The van der Waals surface area contributed by atoms with Gasteiger partial charge in [-0.2, -0.15) is 4.31 Å². The summed E-state index contributed by atoms with van der Waals surface area (Å²) < 4.78 is 38.4. The van der Waals surface area contributed by atoms with Crippen molar-refractivity contribution in [2.75, 3.05) is 19.9 Å². The van der Waals surface area contributed by atoms with Gasteiger partial charge in [-0.25, -0.2) is 8.42 Å². The average molecular weight is 654 g/mol. The Morgan fingerprint density at radius 2 is 1.40 bits per heavy atom. The number of carbonyl (C=O) groups is 2. The van der Waals surface area contributed by atoms with Crippen molar-refractivity contribution in [2.24, 2.45) is 0 Å². The van der Waals surface area contributed by atoms with Crippen LogP contribution < -0.4 is 14.8 Å². The number of hydrogen-bond donors (Lipinski definition) is 1. The van der Waals surface area contributed by atoms with Crippen LogP contribution in [0.25, 0.3) is 0 Å². The maximum Gasteiger partial charge on any atom is 0.243 e. The van der Waals surface area contributed by atoms with Crippen LogP contribution in [0.1, 0.15) is 41.5 Å². The predicted molar refractivity (Wildman–Crippen MR) is 178 cm³/mol. The highest BCUT2D eigenvalue weighted by molar-refractivity contribution is 7.89. The van der Waals surface area contributed by atoms with Crippen molar-refractivity contribution in [2.45, 2.75) is 56.1 Å². The van der Waals surface area contributed by atoms with Gasteiger partial charge in [-0.1, -0.05) is 78.9 Å². The second-order valence-corrected chi connectivity index (χ2v) is 13.8. The van der Waals surface area contributed by atoms with E-state index in [1.54, 1.807) is 29.2 Å². The van der Waals surface area contributed by atoms with E-state index in [4.69, 9.17) is 9.47 Å². The van der Waals surface area contributed by atoms with Crippen LogP contribution >= 0.6 is 0 Å². The van der Waals surface area contributed by atoms with Crippen molar-refractivity contribution in [1.82, 2.24) is 14.5 Å². The maximum absolute atomic E-state index is 14.1. The molecule has 0 aliphatic carbocycles. The van der Waals surface area contributed by atoms with Crippen molar-refractivity contribution < 1.29 is 27.5 Å². The molecule has 1 fully saturated rings. The van der Waals surface area contributed by atoms with Crippen LogP contribution in [0.3, 0.4) is 0 Å². The van der Waals surface area contributed by atoms with Gasteiger partial charge >= 0.3 is 0 Å². The van der Waals surface area contributed by atoms with Crippen molar-refractivity contribution >= 4 is 21.8 Å². The topological polar surface area (TPSA) is 105 Å². The normalized spacial score (nSPS) is 14.9. The minimum atomic E-state index is -3.51. The minimum Gasteiger partial charge on any atom is -0.454 e. The van der Waals surface area contributed by atoms with Crippen molar-refractivity contribution in [3.05, 3.63) is 125 Å². The lowest BCUT2D eigenvalue weighted by Crippen LogP contribution is -2.50. The minimum absolute atomic E-state index is 0.159. The van der Waals surface area contributed by atoms with E-state index in [9.17, 15) is 18.0 Å². The zero-order chi connectivity index (χ0) is 32.6. The van der Waals surface area contributed by atoms with Gasteiger partial charge in [0.2, 0.25) is 28.6 Å². The van der Waals surface area contributed by atoms with Gasteiger partial charge in [-0.15, -0.1) is 0 Å². The van der Waals surface area contributed by atoms with Gasteiger partial charge in [-0.05, 0) is 65.8 Å². The van der Waals surface area contributed by atoms with E-state index in [-0.39, 0.29) is 43.0 Å². The molecule has 2 aliphatic heterocycles. The standard InChI is InChI=1S/C37H39N3O6S/c41-36(20-16-28-13-17-32(18-14-28)47(43,44)39-21-7-8-22-39)40(26-30-11-5-2-6-12-30)33(23-29-9-3-1-4-10-29)37(42)38-25-31-15-19-34-35(24-31)46-27-45-34/h1-6,9-15,17-19,24,33H,7-8,16,20-23,25-27H2,(H,38,42). The van der Waals surface area contributed by atoms with Gasteiger partial charge in [0.1, 0.15) is 6.04 Å². The first kappa shape index (κ1) is 32.3. The number of amides is 2. The fraction of sp³-hybridized carbons (Fsp3) is 0.297. The highest BCUT2D eigenvalue weighted by Gasteiger charge is 2.31. The molecular formula is C37H39N3O6S. The molecule has 1 unspecified atom stereocenters. The Morgan fingerprint density at radius 3 is 2.11 bits per heavy atom. The third kappa shape index (κ3) is 8.01. The van der Waals surface area contributed by atoms with Crippen molar-refractivity contribution in [3.8, 4) is 11.5 Å². The zero-order valence-corrected chi connectivity index (χ0v) is 27.0. The number of fused-ring (bicyclic) bond motifs is 1. The second kappa shape index (κ2) is 14.8. The molecule has 0 saturated carbocycles. The number of aryl methyl sites for hydroxylation is 1. The molecule has 2 heterocycles. The number of ether oxygens (including phenoxy) is 2. The molecular weight excluding hydrogens is 614 g/mol. The number of benzene rings is 4. The van der Waals surface area contributed by atoms with Crippen LogP contribution in [0.2, 0.25) is 0 Å². The number of rotatable bonds is 13. The molecule has 9 nitrogen and oxygen atoms in total. The van der Waals surface area contributed by atoms with Crippen LogP contribution in [0.15, 0.2) is 108 Å². The summed E-state index contributed by atoms with van der Waals surface area (Å²) in [6.07, 6.45) is 2.66. The molecule has 2 amide bonds. The summed E-state index contributed by atoms with van der Waals surface area (Å²) in [5.41, 5.74) is 3.57. The zero-order valence-electron chi connectivity index (χ0n) is 26.2. The first-order chi connectivity index (χ1) is 22.9. The van der Waals surface area contributed by atoms with Crippen LogP contribution in [0.4, 0.5) is 0 Å². The van der Waals surface area contributed by atoms with Gasteiger partial charge in [-0.3, -0.25) is 9.59 Å². The molecule has 6 rings (SSSR count). The molecule has 0 aromatic heterocycles. The molecule has 1 saturated heterocycles. The molecule has 10 heteroatoms. The predicted octanol–water partition coefficient (Wildman–Crippen LogP) is 5.09. The highest BCUT2D eigenvalue weighted by Crippen LogP contribution is 2.32. The smallest absolute Gasteiger partial charge is 0.243 e. The summed E-state index contributed by atoms with van der Waals surface area (Å²) in [5.74, 6) is 0.888. The monoisotopic (exact) mass is 653 g/mol. The number of hydrogen-bond acceptors (Lipinski definition) is 6. The third-order valence-electron chi connectivity index (χ3n) is 8.62. The van der Waals surface area contributed by atoms with E-state index in [2.05, 4.69) is 5.32 Å². The summed E-state index contributed by atoms with van der Waals surface area (Å²) >= 11 is 0. The molecule has 244 valence electrons. The van der Waals surface area contributed by atoms with Crippen LogP contribution in [-0.2, 0) is 45.5 Å². The summed E-state index contributed by atoms with van der Waals surface area (Å²) in [6.45, 7) is 1.79. The highest BCUT2D eigenvalue weighted by atomic mass is 32.2. The van der Waals surface area contributed by atoms with Gasteiger partial charge in [0, 0.05) is 39.0 Å². The van der Waals surface area contributed by atoms with Crippen molar-refractivity contribution in [3.63, 3.8) is 0 Å². The van der Waals surface area contributed by atoms with Gasteiger partial charge < -0.3 is 19.7 Å². The Morgan fingerprint density at radius 1 is 0.766 bits per heavy atom. The van der Waals surface area contributed by atoms with Gasteiger partial charge in [0.05, 0.1) is 4.90 Å². The Labute approximate surface area is 276 Å². The number of sulfonamides is 1. The summed E-state index contributed by atoms with van der Waals surface area (Å²) in [4.78, 5) is 30.0. The lowest BCUT2D eigenvalue weighted by molar-refractivity contribution is -0.141. The van der Waals surface area contributed by atoms with E-state index in [1.807, 2.05) is 78.9 Å². The van der Waals surface area contributed by atoms with Crippen LogP contribution in [-0.4, -0.2) is 55.4 Å². The van der Waals surface area contributed by atoms with Crippen LogP contribution in [0, 0.1) is 0 Å². The molecule has 0 spiro atoms. The third-order valence-corrected chi connectivity index (χ3v) is 10.5. The van der Waals surface area contributed by atoms with Crippen LogP contribution in [0.5, 0.6) is 11.5 Å². The maximum atomic E-state index is 14.1. The quantitative estimate of drug-likeness (QED) is 0.216. The van der Waals surface area contributed by atoms with E-state index in [1.165, 1.54) is 4.31 Å². The molecule has 4 aromatic rings. The summed E-state index contributed by atoms with van der Waals surface area (Å²) in [7, 11) is -3.51. The van der Waals surface area contributed by atoms with E-state index in [0.717, 1.165) is 35.1 Å². The average Bonchev–Trinajstić information content (AvgIpc) is 3.82. The van der Waals surface area contributed by atoms with Gasteiger partial charge in [0.25, 0.3) is 0 Å². The fourth-order valence-electron chi connectivity index (χ4n) is 5.99. The summed E-state index contributed by atoms with van der Waals surface area (Å²) in [5, 5.41) is 3.06. The molecule has 4 aromatic carbocycles. The molecule has 1 atom stereocenters. The Hall–Kier alpha value is -4.67. The molecule has 47 heavy (non-hydrogen) atoms. The fourth-order valence-corrected chi connectivity index (χ4v) is 7.51. The van der Waals surface area contributed by atoms with Gasteiger partial charge in [0.15, 0.2) is 11.5 Å². The van der Waals surface area contributed by atoms with E-state index in [0.29, 0.717) is 37.4 Å². The second-order valence-electron chi connectivity index (χ2n) is 11.9. The molecule has 0 bridgehead atoms. The first-order valence-electron chi connectivity index (χ1n) is 16.0. The van der Waals surface area contributed by atoms with E-state index < -0.39 is 16.1 Å². The SMILES string of the molecule is O=C(NCc1ccc2c(c1)OCO2)C(Cc1ccccc1)N(Cc1ccccc1)C(=O)CCc1ccc(S(=O)(=O)N2CCCC2)cc1. The lowest BCUT2D eigenvalue weighted by Gasteiger charge is -2.32. The molecule has 1 N–H and O–H groups in total. The number of carbonyl (C=O) groups excluding carboxylic acids is 2. The number of nitrogens with zero attached hydrogens (tertiary/aromatic N) is 2. The Balaban J connectivity index is 1.20. The summed E-state index contributed by atoms with van der Waals surface area (Å²) in [6, 6.07) is 30.9. The largest absolute Gasteiger partial charge is 0.454 e. The lowest BCUT2D eigenvalue weighted by atomic mass is 10.0. The molecule has 2 aliphatic rings. The Bertz CT molecular complexity index is 1780. The first-order valence-corrected chi connectivity index (χ1v) is 17.4.